The quantitative estimate of drug-likeness (QED) is 0.149. The van der Waals surface area contributed by atoms with Gasteiger partial charge in [-0.15, -0.1) is 0 Å². The number of rotatable bonds is 9. The van der Waals surface area contributed by atoms with Gasteiger partial charge in [-0.25, -0.2) is 9.64 Å². The number of benzene rings is 2. The highest BCUT2D eigenvalue weighted by molar-refractivity contribution is 5.59. The molecule has 2 aromatic carbocycles. The highest BCUT2D eigenvalue weighted by atomic mass is 19.4. The van der Waals surface area contributed by atoms with E-state index in [1.165, 1.54) is 16.8 Å². The molecule has 1 unspecified atom stereocenters. The van der Waals surface area contributed by atoms with Gasteiger partial charge in [0.1, 0.15) is 5.75 Å². The predicted octanol–water partition coefficient (Wildman–Crippen LogP) is 8.08. The number of hydrogen-bond donors (Lipinski definition) is 0. The maximum Gasteiger partial charge on any atom is 0.418 e. The number of aromatic nitrogens is 4. The lowest BCUT2D eigenvalue weighted by molar-refractivity contribution is -0.136. The fourth-order valence-electron chi connectivity index (χ4n) is 7.55. The molecule has 1 aliphatic heterocycles. The third-order valence-electron chi connectivity index (χ3n) is 10.2. The smallest absolute Gasteiger partial charge is 0.418 e. The lowest BCUT2D eigenvalue weighted by Gasteiger charge is -2.35. The van der Waals surface area contributed by atoms with Crippen LogP contribution in [0.4, 0.5) is 18.9 Å². The van der Waals surface area contributed by atoms with Crippen molar-refractivity contribution in [3.8, 4) is 11.4 Å². The van der Waals surface area contributed by atoms with Gasteiger partial charge in [0, 0.05) is 31.4 Å². The number of hydrogen-bond acceptors (Lipinski definition) is 4. The molecule has 2 fully saturated rings. The predicted molar refractivity (Wildman–Crippen MR) is 181 cm³/mol. The highest BCUT2D eigenvalue weighted by Crippen LogP contribution is 2.46. The topological polar surface area (TPSA) is 61.1 Å². The van der Waals surface area contributed by atoms with Crippen molar-refractivity contribution in [3.05, 3.63) is 123 Å². The fraction of sp³-hybridized carbons (Fsp3) is 0.395. The van der Waals surface area contributed by atoms with E-state index in [4.69, 9.17) is 11.3 Å². The van der Waals surface area contributed by atoms with Crippen molar-refractivity contribution >= 4 is 11.2 Å². The van der Waals surface area contributed by atoms with Gasteiger partial charge in [-0.2, -0.15) is 18.3 Å². The molecule has 0 amide bonds. The minimum Gasteiger partial charge on any atom is -0.497 e. The van der Waals surface area contributed by atoms with Gasteiger partial charge in [-0.05, 0) is 91.1 Å². The molecule has 254 valence electrons. The summed E-state index contributed by atoms with van der Waals surface area (Å²) in [6.45, 7) is 12.6. The number of nitrogens with zero attached hydrogens (tertiary/aromatic N) is 6. The Bertz CT molecular complexity index is 2070. The monoisotopic (exact) mass is 668 g/mol. The van der Waals surface area contributed by atoms with Gasteiger partial charge in [0.15, 0.2) is 0 Å². The van der Waals surface area contributed by atoms with Crippen LogP contribution in [0.5, 0.6) is 5.75 Å². The van der Waals surface area contributed by atoms with Crippen LogP contribution in [0, 0.1) is 18.4 Å². The first-order valence-electron chi connectivity index (χ1n) is 16.9. The number of methoxy groups -OCH3 is 1. The molecular formula is C38H39F3N6O2. The molecule has 49 heavy (non-hydrogen) atoms. The molecule has 8 nitrogen and oxygen atoms in total. The van der Waals surface area contributed by atoms with Gasteiger partial charge in [-0.1, -0.05) is 37.6 Å². The van der Waals surface area contributed by atoms with Crippen molar-refractivity contribution in [2.45, 2.75) is 64.2 Å². The molecule has 7 rings (SSSR count). The lowest BCUT2D eigenvalue weighted by atomic mass is 9.71. The average molecular weight is 669 g/mol. The van der Waals surface area contributed by atoms with Crippen LogP contribution in [-0.4, -0.2) is 43.8 Å². The van der Waals surface area contributed by atoms with Crippen molar-refractivity contribution in [3.63, 3.8) is 0 Å². The van der Waals surface area contributed by atoms with Crippen molar-refractivity contribution in [1.29, 1.82) is 0 Å². The van der Waals surface area contributed by atoms with E-state index in [9.17, 15) is 18.0 Å². The largest absolute Gasteiger partial charge is 0.497 e. The summed E-state index contributed by atoms with van der Waals surface area (Å²) in [4.78, 5) is 19.9. The number of halogens is 3. The Kier molecular flexibility index (Phi) is 8.84. The molecule has 1 saturated carbocycles. The van der Waals surface area contributed by atoms with Crippen LogP contribution >= 0.6 is 0 Å². The number of imidazole rings is 1. The van der Waals surface area contributed by atoms with Crippen molar-refractivity contribution in [2.75, 3.05) is 20.2 Å². The van der Waals surface area contributed by atoms with Gasteiger partial charge in [0.05, 0.1) is 48.9 Å². The molecule has 4 heterocycles. The fourth-order valence-corrected chi connectivity index (χ4v) is 7.55. The van der Waals surface area contributed by atoms with E-state index in [1.54, 1.807) is 25.6 Å². The zero-order chi connectivity index (χ0) is 34.3. The Morgan fingerprint density at radius 2 is 1.82 bits per heavy atom. The minimum absolute atomic E-state index is 0.179. The van der Waals surface area contributed by atoms with Crippen LogP contribution in [0.3, 0.4) is 0 Å². The van der Waals surface area contributed by atoms with E-state index in [1.807, 2.05) is 47.1 Å². The third kappa shape index (κ3) is 6.49. The zero-order valence-electron chi connectivity index (χ0n) is 27.7. The van der Waals surface area contributed by atoms with Crippen LogP contribution in [0.15, 0.2) is 78.0 Å². The maximum absolute atomic E-state index is 14.5. The van der Waals surface area contributed by atoms with E-state index >= 15 is 0 Å². The summed E-state index contributed by atoms with van der Waals surface area (Å²) in [5, 5.41) is 4.63. The molecular weight excluding hydrogens is 629 g/mol. The second-order valence-corrected chi connectivity index (χ2v) is 13.6. The summed E-state index contributed by atoms with van der Waals surface area (Å²) in [6.07, 6.45) is 4.97. The Labute approximate surface area is 283 Å². The van der Waals surface area contributed by atoms with Gasteiger partial charge >= 0.3 is 11.9 Å². The normalized spacial score (nSPS) is 17.9. The van der Waals surface area contributed by atoms with Crippen LogP contribution in [-0.2, 0) is 19.3 Å². The van der Waals surface area contributed by atoms with E-state index in [0.29, 0.717) is 35.9 Å². The Morgan fingerprint density at radius 3 is 2.49 bits per heavy atom. The number of likely N-dealkylation sites (tertiary alicyclic amines) is 1. The number of alkyl halides is 3. The van der Waals surface area contributed by atoms with Crippen LogP contribution in [0.1, 0.15) is 72.9 Å². The first-order valence-corrected chi connectivity index (χ1v) is 16.9. The summed E-state index contributed by atoms with van der Waals surface area (Å²) in [6, 6.07) is 16.4. The number of piperidine rings is 1. The molecule has 2 atom stereocenters. The number of fused-ring (bicyclic) bond motifs is 1. The molecule has 1 saturated heterocycles. The second-order valence-electron chi connectivity index (χ2n) is 13.6. The first kappa shape index (κ1) is 32.7. The Morgan fingerprint density at radius 1 is 1.02 bits per heavy atom. The van der Waals surface area contributed by atoms with Crippen molar-refractivity contribution in [1.82, 2.24) is 23.6 Å². The summed E-state index contributed by atoms with van der Waals surface area (Å²) in [5.74, 6) is 1.30. The van der Waals surface area contributed by atoms with E-state index in [0.717, 1.165) is 72.2 Å². The van der Waals surface area contributed by atoms with Crippen LogP contribution in [0.25, 0.3) is 16.0 Å². The molecule has 0 N–H and O–H groups in total. The molecule has 0 radical (unpaired) electrons. The summed E-state index contributed by atoms with van der Waals surface area (Å²) >= 11 is 0. The van der Waals surface area contributed by atoms with Gasteiger partial charge in [0.25, 0.3) is 0 Å². The third-order valence-corrected chi connectivity index (χ3v) is 10.2. The SMILES string of the molecule is [C-]#[N+]c1cnn(Cc2ccc(OC)cc2)c1C(c1cccc(-n2cc3c(C(F)(F)F)cc(CN4CCC[C@H](C)C4)cn3c2=O)c1)C1CCC1. The number of ether oxygens (including phenoxy) is 1. The molecule has 3 aromatic heterocycles. The van der Waals surface area contributed by atoms with E-state index < -0.39 is 17.4 Å². The van der Waals surface area contributed by atoms with Crippen molar-refractivity contribution in [2.24, 2.45) is 11.8 Å². The second kappa shape index (κ2) is 13.2. The van der Waals surface area contributed by atoms with Crippen molar-refractivity contribution < 1.29 is 17.9 Å². The standard InChI is InChI=1S/C38H39F3N6O2/c1-25-7-6-16-44(20-25)21-27-17-32(38(39,40)41)34-24-45(37(48)46(34)22-27)30-11-5-10-29(18-30)35(28-8-4-9-28)36-33(42-2)19-43-47(36)23-26-12-14-31(49-3)15-13-26/h5,10-15,17-19,22,24-25,28,35H,4,6-9,16,20-21,23H2,1,3H3/t25-,35?/m0/s1. The van der Waals surface area contributed by atoms with Crippen LogP contribution < -0.4 is 10.4 Å². The molecule has 5 aromatic rings. The Hall–Kier alpha value is -4.82. The first-order chi connectivity index (χ1) is 23.6. The average Bonchev–Trinajstić information content (AvgIpc) is 3.62. The Balaban J connectivity index is 1.29. The molecule has 11 heteroatoms. The molecule has 1 aliphatic carbocycles. The molecule has 0 bridgehead atoms. The molecule has 2 aliphatic rings. The van der Waals surface area contributed by atoms with E-state index in [2.05, 4.69) is 21.8 Å². The minimum atomic E-state index is -4.63. The molecule has 0 spiro atoms. The number of pyridine rings is 1. The van der Waals surface area contributed by atoms with Crippen LogP contribution in [0.2, 0.25) is 0 Å². The summed E-state index contributed by atoms with van der Waals surface area (Å²) in [7, 11) is 1.62. The zero-order valence-corrected chi connectivity index (χ0v) is 27.7. The van der Waals surface area contributed by atoms with E-state index in [-0.39, 0.29) is 17.4 Å². The highest BCUT2D eigenvalue weighted by Gasteiger charge is 2.36. The lowest BCUT2D eigenvalue weighted by Crippen LogP contribution is -2.34. The summed E-state index contributed by atoms with van der Waals surface area (Å²) in [5.41, 5.74) is 2.54. The van der Waals surface area contributed by atoms with Gasteiger partial charge in [-0.3, -0.25) is 18.5 Å². The maximum atomic E-state index is 14.5. The summed E-state index contributed by atoms with van der Waals surface area (Å²) < 4.78 is 53.0. The van der Waals surface area contributed by atoms with Gasteiger partial charge in [0.2, 0.25) is 5.69 Å². The van der Waals surface area contributed by atoms with Gasteiger partial charge < -0.3 is 4.74 Å².